The largest absolute Gasteiger partial charge is 0.488 e. The van der Waals surface area contributed by atoms with E-state index < -0.39 is 17.5 Å². The highest BCUT2D eigenvalue weighted by molar-refractivity contribution is 6.05. The molecule has 3 aromatic carbocycles. The average Bonchev–Trinajstić information content (AvgIpc) is 3.45. The minimum Gasteiger partial charge on any atom is -0.488 e. The van der Waals surface area contributed by atoms with Crippen molar-refractivity contribution in [2.75, 3.05) is 57.5 Å². The van der Waals surface area contributed by atoms with E-state index in [1.54, 1.807) is 30.3 Å². The molecule has 3 aromatic rings. The number of nitrogens with one attached hydrogen (secondary N) is 1. The zero-order valence-corrected chi connectivity index (χ0v) is 28.4. The number of nitriles is 1. The van der Waals surface area contributed by atoms with Gasteiger partial charge in [0.05, 0.1) is 50.1 Å². The number of carbonyl (C=O) groups is 3. The van der Waals surface area contributed by atoms with Crippen molar-refractivity contribution >= 4 is 23.4 Å². The number of carbonyl (C=O) groups excluding carboxylic acids is 3. The van der Waals surface area contributed by atoms with Crippen molar-refractivity contribution < 1.29 is 33.0 Å². The third-order valence-electron chi connectivity index (χ3n) is 10.1. The van der Waals surface area contributed by atoms with Crippen LogP contribution in [0.15, 0.2) is 54.6 Å². The lowest BCUT2D eigenvalue weighted by atomic mass is 10.0. The van der Waals surface area contributed by atoms with Crippen LogP contribution in [0.1, 0.15) is 51.0 Å². The number of fused-ring (bicyclic) bond motifs is 1. The van der Waals surface area contributed by atoms with E-state index in [9.17, 15) is 19.6 Å². The van der Waals surface area contributed by atoms with Gasteiger partial charge in [-0.05, 0) is 60.4 Å². The van der Waals surface area contributed by atoms with Crippen LogP contribution in [0.2, 0.25) is 0 Å². The topological polar surface area (TPSA) is 150 Å². The quantitative estimate of drug-likeness (QED) is 0.214. The third kappa shape index (κ3) is 7.60. The van der Waals surface area contributed by atoms with Crippen LogP contribution in [-0.4, -0.2) is 91.7 Å². The molecule has 4 aliphatic rings. The fourth-order valence-corrected chi connectivity index (χ4v) is 7.13. The summed E-state index contributed by atoms with van der Waals surface area (Å²) in [6.07, 6.45) is 1.12. The fourth-order valence-electron chi connectivity index (χ4n) is 7.13. The summed E-state index contributed by atoms with van der Waals surface area (Å²) in [6, 6.07) is 17.6. The summed E-state index contributed by atoms with van der Waals surface area (Å²) in [7, 11) is 0. The molecule has 13 heteroatoms. The maximum Gasteiger partial charge on any atom is 0.255 e. The smallest absolute Gasteiger partial charge is 0.255 e. The molecule has 0 radical (unpaired) electrons. The van der Waals surface area contributed by atoms with Gasteiger partial charge in [-0.25, -0.2) is 4.39 Å². The van der Waals surface area contributed by atoms with Gasteiger partial charge in [0.1, 0.15) is 24.2 Å². The Balaban J connectivity index is 0.920. The first-order valence-electron chi connectivity index (χ1n) is 17.3. The number of halogens is 1. The lowest BCUT2D eigenvalue weighted by molar-refractivity contribution is -0.136. The van der Waals surface area contributed by atoms with Gasteiger partial charge in [-0.2, -0.15) is 5.26 Å². The van der Waals surface area contributed by atoms with Crippen LogP contribution in [-0.2, 0) is 45.2 Å². The first kappa shape index (κ1) is 34.6. The molecule has 266 valence electrons. The number of imide groups is 1. The Bertz CT molecular complexity index is 1870. The Morgan fingerprint density at radius 2 is 1.86 bits per heavy atom. The van der Waals surface area contributed by atoms with E-state index in [0.717, 1.165) is 43.0 Å². The Kier molecular flexibility index (Phi) is 10.0. The lowest BCUT2D eigenvalue weighted by Gasteiger charge is -2.38. The van der Waals surface area contributed by atoms with Gasteiger partial charge in [0.15, 0.2) is 0 Å². The predicted octanol–water partition coefficient (Wildman–Crippen LogP) is 2.65. The molecule has 3 N–H and O–H groups in total. The number of rotatable bonds is 12. The van der Waals surface area contributed by atoms with Crippen molar-refractivity contribution in [3.05, 3.63) is 93.8 Å². The summed E-state index contributed by atoms with van der Waals surface area (Å²) in [6.45, 7) is 5.91. The Morgan fingerprint density at radius 1 is 1.04 bits per heavy atom. The SMILES string of the molecule is N#Cc1ccc(N2CCN(Cc3ccc(COc4cccc5c4CN([C@H]4CCC(=O)NC4=O)C5=O)c(F)c3)CC2)c(CCOCC2(N)COC2)c1. The highest BCUT2D eigenvalue weighted by atomic mass is 19.1. The van der Waals surface area contributed by atoms with Crippen LogP contribution < -0.4 is 20.7 Å². The van der Waals surface area contributed by atoms with Crippen LogP contribution >= 0.6 is 0 Å². The molecule has 0 spiro atoms. The van der Waals surface area contributed by atoms with Crippen molar-refractivity contribution in [3.8, 4) is 11.8 Å². The number of piperidine rings is 1. The zero-order valence-electron chi connectivity index (χ0n) is 28.4. The van der Waals surface area contributed by atoms with E-state index in [2.05, 4.69) is 21.2 Å². The van der Waals surface area contributed by atoms with Gasteiger partial charge in [0.2, 0.25) is 11.8 Å². The summed E-state index contributed by atoms with van der Waals surface area (Å²) in [5, 5.41) is 11.8. The summed E-state index contributed by atoms with van der Waals surface area (Å²) in [5.74, 6) is -1.01. The van der Waals surface area contributed by atoms with Gasteiger partial charge >= 0.3 is 0 Å². The molecule has 7 rings (SSSR count). The maximum atomic E-state index is 15.3. The number of anilines is 1. The molecule has 0 unspecified atom stereocenters. The number of benzene rings is 3. The van der Waals surface area contributed by atoms with Crippen molar-refractivity contribution in [2.24, 2.45) is 5.73 Å². The van der Waals surface area contributed by atoms with Crippen LogP contribution in [0.3, 0.4) is 0 Å². The first-order valence-corrected chi connectivity index (χ1v) is 17.3. The van der Waals surface area contributed by atoms with Crippen LogP contribution in [0, 0.1) is 17.1 Å². The van der Waals surface area contributed by atoms with E-state index in [1.165, 1.54) is 4.90 Å². The number of nitrogens with two attached hydrogens (primary N) is 1. The zero-order chi connectivity index (χ0) is 35.5. The molecule has 3 amide bonds. The minimum absolute atomic E-state index is 0.0205. The number of hydrogen-bond donors (Lipinski definition) is 2. The first-order chi connectivity index (χ1) is 24.7. The average molecular weight is 697 g/mol. The van der Waals surface area contributed by atoms with Gasteiger partial charge in [-0.1, -0.05) is 18.2 Å². The minimum atomic E-state index is -0.723. The molecule has 0 aliphatic carbocycles. The number of ether oxygens (including phenoxy) is 3. The Hall–Kier alpha value is -4.87. The lowest BCUT2D eigenvalue weighted by Crippen LogP contribution is -2.60. The molecule has 3 saturated heterocycles. The summed E-state index contributed by atoms with van der Waals surface area (Å²) < 4.78 is 32.4. The molecule has 4 aliphatic heterocycles. The maximum absolute atomic E-state index is 15.3. The van der Waals surface area contributed by atoms with Crippen LogP contribution in [0.5, 0.6) is 5.75 Å². The molecular formula is C38H41FN6O6. The second-order valence-electron chi connectivity index (χ2n) is 13.8. The van der Waals surface area contributed by atoms with Gasteiger partial charge in [0, 0.05) is 61.5 Å². The predicted molar refractivity (Wildman–Crippen MR) is 184 cm³/mol. The van der Waals surface area contributed by atoms with Crippen molar-refractivity contribution in [2.45, 2.75) is 50.5 Å². The van der Waals surface area contributed by atoms with Crippen LogP contribution in [0.25, 0.3) is 0 Å². The van der Waals surface area contributed by atoms with Crippen molar-refractivity contribution in [1.29, 1.82) is 5.26 Å². The highest BCUT2D eigenvalue weighted by Crippen LogP contribution is 2.34. The molecule has 4 heterocycles. The second-order valence-corrected chi connectivity index (χ2v) is 13.8. The monoisotopic (exact) mass is 696 g/mol. The highest BCUT2D eigenvalue weighted by Gasteiger charge is 2.40. The molecule has 0 saturated carbocycles. The number of nitrogens with zero attached hydrogens (tertiary/aromatic N) is 4. The van der Waals surface area contributed by atoms with Gasteiger partial charge < -0.3 is 29.7 Å². The van der Waals surface area contributed by atoms with Gasteiger partial charge in [-0.15, -0.1) is 0 Å². The normalized spacial score (nSPS) is 20.1. The fraction of sp³-hybridized carbons (Fsp3) is 0.421. The van der Waals surface area contributed by atoms with Crippen molar-refractivity contribution in [3.63, 3.8) is 0 Å². The second kappa shape index (κ2) is 14.8. The molecule has 12 nitrogen and oxygen atoms in total. The number of hydrogen-bond acceptors (Lipinski definition) is 10. The molecule has 51 heavy (non-hydrogen) atoms. The molecule has 0 bridgehead atoms. The third-order valence-corrected chi connectivity index (χ3v) is 10.1. The standard InChI is InChI=1S/C38H41FN6O6/c39-31-17-26(4-6-28(31)21-51-34-3-1-2-29-30(34)20-45(37(29)48)33-8-9-35(46)42-36(33)47)19-43-11-13-44(14-12-43)32-7-5-25(18-40)16-27(32)10-15-49-22-38(41)23-50-24-38/h1-7,16-17,33H,8-15,19-24,41H2,(H,42,46,47)/t33-/m0/s1. The van der Waals surface area contributed by atoms with E-state index in [-0.39, 0.29) is 43.6 Å². The van der Waals surface area contributed by atoms with Gasteiger partial charge in [0.25, 0.3) is 5.91 Å². The molecule has 3 fully saturated rings. The van der Waals surface area contributed by atoms with Gasteiger partial charge in [-0.3, -0.25) is 24.6 Å². The summed E-state index contributed by atoms with van der Waals surface area (Å²) in [5.41, 5.74) is 10.9. The van der Waals surface area contributed by atoms with E-state index >= 15 is 4.39 Å². The molecule has 1 atom stereocenters. The van der Waals surface area contributed by atoms with E-state index in [4.69, 9.17) is 19.9 Å². The molecule has 0 aromatic heterocycles. The number of piperazine rings is 1. The van der Waals surface area contributed by atoms with E-state index in [0.29, 0.717) is 67.4 Å². The summed E-state index contributed by atoms with van der Waals surface area (Å²) in [4.78, 5) is 43.3. The van der Waals surface area contributed by atoms with Crippen molar-refractivity contribution in [1.82, 2.24) is 15.1 Å². The number of amides is 3. The van der Waals surface area contributed by atoms with E-state index in [1.807, 2.05) is 24.3 Å². The Morgan fingerprint density at radius 3 is 2.59 bits per heavy atom. The van der Waals surface area contributed by atoms with Crippen LogP contribution in [0.4, 0.5) is 10.1 Å². The molecular weight excluding hydrogens is 655 g/mol. The Labute approximate surface area is 295 Å². The summed E-state index contributed by atoms with van der Waals surface area (Å²) >= 11 is 0.